The first-order chi connectivity index (χ1) is 8.39. The molecule has 1 aliphatic heterocycles. The average molecular weight is 271 g/mol. The molecule has 1 aromatic rings. The maximum absolute atomic E-state index is 13.5. The fourth-order valence-electron chi connectivity index (χ4n) is 1.77. The quantitative estimate of drug-likeness (QED) is 0.789. The molecule has 7 heteroatoms. The molecule has 0 fully saturated rings. The van der Waals surface area contributed by atoms with Crippen molar-refractivity contribution >= 4 is 21.9 Å². The number of fused-ring (bicyclic) bond motifs is 1. The van der Waals surface area contributed by atoms with Crippen molar-refractivity contribution in [3.8, 4) is 0 Å². The Kier molecular flexibility index (Phi) is 2.95. The van der Waals surface area contributed by atoms with E-state index in [4.69, 9.17) is 5.73 Å². The molecule has 0 spiro atoms. The summed E-state index contributed by atoms with van der Waals surface area (Å²) in [4.78, 5) is 10.5. The van der Waals surface area contributed by atoms with Gasteiger partial charge in [-0.15, -0.1) is 0 Å². The third kappa shape index (κ3) is 1.72. The number of ether oxygens (including phenoxy) is 1. The molecule has 0 bridgehead atoms. The molecular weight excluding hydrogens is 261 g/mol. The lowest BCUT2D eigenvalue weighted by Gasteiger charge is -2.10. The second kappa shape index (κ2) is 4.18. The molecule has 18 heavy (non-hydrogen) atoms. The molecule has 1 unspecified atom stereocenters. The van der Waals surface area contributed by atoms with Crippen molar-refractivity contribution in [1.29, 1.82) is 0 Å². The molecule has 0 saturated carbocycles. The van der Waals surface area contributed by atoms with E-state index in [9.17, 15) is 17.6 Å². The summed E-state index contributed by atoms with van der Waals surface area (Å²) in [6.45, 7) is 0. The number of hydrogen-bond donors (Lipinski definition) is 1. The predicted molar refractivity (Wildman–Crippen MR) is 61.6 cm³/mol. The van der Waals surface area contributed by atoms with Gasteiger partial charge in [0.2, 0.25) is 9.84 Å². The Labute approximate surface area is 103 Å². The molecule has 1 heterocycles. The monoisotopic (exact) mass is 271 g/mol. The Bertz CT molecular complexity index is 651. The van der Waals surface area contributed by atoms with Crippen LogP contribution in [0.15, 0.2) is 28.0 Å². The Morgan fingerprint density at radius 2 is 2.11 bits per heavy atom. The summed E-state index contributed by atoms with van der Waals surface area (Å²) in [5, 5.41) is 0. The van der Waals surface area contributed by atoms with Crippen LogP contribution in [0.3, 0.4) is 0 Å². The molecule has 2 rings (SSSR count). The van der Waals surface area contributed by atoms with E-state index in [1.165, 1.54) is 18.2 Å². The van der Waals surface area contributed by atoms with Crippen LogP contribution in [0.25, 0.3) is 6.08 Å². The number of rotatable bonds is 2. The first-order valence-corrected chi connectivity index (χ1v) is 6.46. The standard InChI is InChI=1S/C11H10FNO4S/c1-17-11(14)9(13)8-5-6-3-2-4-7(12)10(6)18(8,15)16/h2-5,9H,13H2,1H3. The van der Waals surface area contributed by atoms with Gasteiger partial charge in [0.15, 0.2) is 0 Å². The van der Waals surface area contributed by atoms with Crippen molar-refractivity contribution < 1.29 is 22.3 Å². The highest BCUT2D eigenvalue weighted by Crippen LogP contribution is 2.35. The van der Waals surface area contributed by atoms with Gasteiger partial charge in [-0.05, 0) is 17.7 Å². The molecule has 1 atom stereocenters. The van der Waals surface area contributed by atoms with Crippen LogP contribution in [0, 0.1) is 5.82 Å². The van der Waals surface area contributed by atoms with Crippen LogP contribution in [-0.4, -0.2) is 27.5 Å². The number of hydrogen-bond acceptors (Lipinski definition) is 5. The zero-order chi connectivity index (χ0) is 13.5. The van der Waals surface area contributed by atoms with Crippen LogP contribution < -0.4 is 5.73 Å². The number of sulfone groups is 1. The lowest BCUT2D eigenvalue weighted by molar-refractivity contribution is -0.141. The van der Waals surface area contributed by atoms with Gasteiger partial charge in [0, 0.05) is 0 Å². The molecular formula is C11H10FNO4S. The molecule has 0 radical (unpaired) electrons. The Hall–Kier alpha value is -1.73. The van der Waals surface area contributed by atoms with Crippen LogP contribution in [0.4, 0.5) is 4.39 Å². The fourth-order valence-corrected chi connectivity index (χ4v) is 3.48. The summed E-state index contributed by atoms with van der Waals surface area (Å²) in [6.07, 6.45) is 1.19. The van der Waals surface area contributed by atoms with E-state index in [0.29, 0.717) is 0 Å². The lowest BCUT2D eigenvalue weighted by Crippen LogP contribution is -2.35. The van der Waals surface area contributed by atoms with E-state index in [1.807, 2.05) is 0 Å². The molecule has 0 aromatic heterocycles. The molecule has 5 nitrogen and oxygen atoms in total. The van der Waals surface area contributed by atoms with Gasteiger partial charge in [0.25, 0.3) is 0 Å². The van der Waals surface area contributed by atoms with E-state index in [1.54, 1.807) is 0 Å². The van der Waals surface area contributed by atoms with Crippen molar-refractivity contribution in [1.82, 2.24) is 0 Å². The van der Waals surface area contributed by atoms with Crippen molar-refractivity contribution in [3.63, 3.8) is 0 Å². The first kappa shape index (κ1) is 12.7. The number of esters is 1. The fraction of sp³-hybridized carbons (Fsp3) is 0.182. The molecule has 1 aliphatic rings. The first-order valence-electron chi connectivity index (χ1n) is 4.98. The van der Waals surface area contributed by atoms with Crippen LogP contribution >= 0.6 is 0 Å². The highest BCUT2D eigenvalue weighted by atomic mass is 32.2. The average Bonchev–Trinajstić information content (AvgIpc) is 2.60. The van der Waals surface area contributed by atoms with Crippen molar-refractivity contribution in [2.75, 3.05) is 7.11 Å². The van der Waals surface area contributed by atoms with Crippen LogP contribution in [0.2, 0.25) is 0 Å². The lowest BCUT2D eigenvalue weighted by atomic mass is 10.2. The normalized spacial score (nSPS) is 17.8. The molecule has 2 N–H and O–H groups in total. The number of carbonyl (C=O) groups is 1. The predicted octanol–water partition coefficient (Wildman–Crippen LogP) is 0.454. The molecule has 0 amide bonds. The number of nitrogens with two attached hydrogens (primary N) is 1. The minimum atomic E-state index is -4.07. The third-order valence-electron chi connectivity index (χ3n) is 2.64. The van der Waals surface area contributed by atoms with Gasteiger partial charge < -0.3 is 10.5 Å². The van der Waals surface area contributed by atoms with E-state index in [0.717, 1.165) is 13.2 Å². The summed E-state index contributed by atoms with van der Waals surface area (Å²) in [6, 6.07) is 2.41. The summed E-state index contributed by atoms with van der Waals surface area (Å²) in [5.74, 6) is -1.76. The Morgan fingerprint density at radius 1 is 1.44 bits per heavy atom. The minimum absolute atomic E-state index is 0.185. The van der Waals surface area contributed by atoms with E-state index in [2.05, 4.69) is 4.74 Å². The van der Waals surface area contributed by atoms with Gasteiger partial charge >= 0.3 is 5.97 Å². The van der Waals surface area contributed by atoms with Gasteiger partial charge in [-0.3, -0.25) is 0 Å². The van der Waals surface area contributed by atoms with E-state index in [-0.39, 0.29) is 10.5 Å². The summed E-state index contributed by atoms with van der Waals surface area (Å²) in [5.41, 5.74) is 5.68. The van der Waals surface area contributed by atoms with E-state index < -0.39 is 32.6 Å². The topological polar surface area (TPSA) is 86.5 Å². The van der Waals surface area contributed by atoms with Crippen molar-refractivity contribution in [2.24, 2.45) is 5.73 Å². The number of benzene rings is 1. The van der Waals surface area contributed by atoms with Gasteiger partial charge in [-0.1, -0.05) is 12.1 Å². The number of halogens is 1. The number of methoxy groups -OCH3 is 1. The zero-order valence-electron chi connectivity index (χ0n) is 9.38. The highest BCUT2D eigenvalue weighted by Gasteiger charge is 2.38. The SMILES string of the molecule is COC(=O)C(N)C1=Cc2cccc(F)c2S1(=O)=O. The maximum atomic E-state index is 13.5. The third-order valence-corrected chi connectivity index (χ3v) is 4.60. The summed E-state index contributed by atoms with van der Waals surface area (Å²) in [7, 11) is -2.98. The van der Waals surface area contributed by atoms with Gasteiger partial charge in [-0.25, -0.2) is 17.6 Å². The minimum Gasteiger partial charge on any atom is -0.468 e. The molecule has 0 saturated heterocycles. The van der Waals surface area contributed by atoms with Gasteiger partial charge in [-0.2, -0.15) is 0 Å². The van der Waals surface area contributed by atoms with Gasteiger partial charge in [0.05, 0.1) is 12.0 Å². The maximum Gasteiger partial charge on any atom is 0.328 e. The van der Waals surface area contributed by atoms with Crippen LogP contribution in [-0.2, 0) is 19.4 Å². The van der Waals surface area contributed by atoms with E-state index >= 15 is 0 Å². The van der Waals surface area contributed by atoms with Crippen molar-refractivity contribution in [3.05, 3.63) is 34.5 Å². The van der Waals surface area contributed by atoms with Crippen molar-refractivity contribution in [2.45, 2.75) is 10.9 Å². The highest BCUT2D eigenvalue weighted by molar-refractivity contribution is 7.96. The zero-order valence-corrected chi connectivity index (χ0v) is 10.2. The second-order valence-corrected chi connectivity index (χ2v) is 5.60. The largest absolute Gasteiger partial charge is 0.468 e. The second-order valence-electron chi connectivity index (χ2n) is 3.71. The smallest absolute Gasteiger partial charge is 0.328 e. The molecule has 96 valence electrons. The summed E-state index contributed by atoms with van der Waals surface area (Å²) >= 11 is 0. The Morgan fingerprint density at radius 3 is 2.67 bits per heavy atom. The molecule has 0 aliphatic carbocycles. The van der Waals surface area contributed by atoms with Crippen LogP contribution in [0.1, 0.15) is 5.56 Å². The molecule has 1 aromatic carbocycles. The number of carbonyl (C=O) groups excluding carboxylic acids is 1. The Balaban J connectivity index is 2.58. The van der Waals surface area contributed by atoms with Crippen LogP contribution in [0.5, 0.6) is 0 Å². The van der Waals surface area contributed by atoms with Gasteiger partial charge in [0.1, 0.15) is 16.8 Å². The summed E-state index contributed by atoms with van der Waals surface area (Å²) < 4.78 is 42.1.